The second-order valence-electron chi connectivity index (χ2n) is 3.75. The Bertz CT molecular complexity index is 479. The summed E-state index contributed by atoms with van der Waals surface area (Å²) in [5, 5.41) is 16.1. The number of nitrogens with zero attached hydrogens (tertiary/aromatic N) is 6. The molecule has 0 bridgehead atoms. The summed E-state index contributed by atoms with van der Waals surface area (Å²) in [5.74, 6) is 1.91. The van der Waals surface area contributed by atoms with Crippen molar-refractivity contribution in [3.8, 4) is 0 Å². The quantitative estimate of drug-likeness (QED) is 0.747. The molecule has 0 saturated heterocycles. The Morgan fingerprint density at radius 2 is 2.24 bits per heavy atom. The van der Waals surface area contributed by atoms with Crippen LogP contribution in [0.25, 0.3) is 0 Å². The number of hydrogen-bond acceptors (Lipinski definition) is 7. The van der Waals surface area contributed by atoms with Crippen LogP contribution in [0.3, 0.4) is 0 Å². The van der Waals surface area contributed by atoms with Gasteiger partial charge in [0.2, 0.25) is 11.0 Å². The van der Waals surface area contributed by atoms with Gasteiger partial charge in [-0.1, -0.05) is 23.8 Å². The van der Waals surface area contributed by atoms with Crippen molar-refractivity contribution in [1.82, 2.24) is 30.3 Å². The van der Waals surface area contributed by atoms with Gasteiger partial charge in [-0.15, -0.1) is 5.10 Å². The summed E-state index contributed by atoms with van der Waals surface area (Å²) >= 11 is 1.49. The van der Waals surface area contributed by atoms with Gasteiger partial charge in [0.05, 0.1) is 11.8 Å². The lowest BCUT2D eigenvalue weighted by atomic mass is 10.4. The van der Waals surface area contributed by atoms with Crippen molar-refractivity contribution in [2.75, 3.05) is 0 Å². The van der Waals surface area contributed by atoms with Crippen molar-refractivity contribution in [3.63, 3.8) is 0 Å². The minimum atomic E-state index is 0.237. The second-order valence-corrected chi connectivity index (χ2v) is 4.69. The highest BCUT2D eigenvalue weighted by Gasteiger charge is 2.12. The Kier molecular flexibility index (Phi) is 3.72. The summed E-state index contributed by atoms with van der Waals surface area (Å²) < 4.78 is 6.86. The van der Waals surface area contributed by atoms with Crippen LogP contribution < -0.4 is 0 Å². The van der Waals surface area contributed by atoms with Crippen molar-refractivity contribution in [2.24, 2.45) is 0 Å². The Labute approximate surface area is 103 Å². The second kappa shape index (κ2) is 5.26. The van der Waals surface area contributed by atoms with Crippen LogP contribution in [0, 0.1) is 0 Å². The Hall–Kier alpha value is -1.44. The molecule has 0 fully saturated rings. The summed E-state index contributed by atoms with van der Waals surface area (Å²) in [6, 6.07) is 0.237. The summed E-state index contributed by atoms with van der Waals surface area (Å²) in [4.78, 5) is 4.23. The molecule has 8 heteroatoms. The topological polar surface area (TPSA) is 82.5 Å². The van der Waals surface area contributed by atoms with E-state index in [4.69, 9.17) is 4.52 Å². The van der Waals surface area contributed by atoms with Crippen molar-refractivity contribution >= 4 is 11.8 Å². The lowest BCUT2D eigenvalue weighted by Crippen LogP contribution is -2.04. The molecule has 0 radical (unpaired) electrons. The van der Waals surface area contributed by atoms with Gasteiger partial charge in [-0.25, -0.2) is 4.68 Å². The van der Waals surface area contributed by atoms with Gasteiger partial charge in [-0.2, -0.15) is 4.98 Å². The molecule has 0 unspecified atom stereocenters. The van der Waals surface area contributed by atoms with Gasteiger partial charge in [0.1, 0.15) is 0 Å². The fourth-order valence-electron chi connectivity index (χ4n) is 1.22. The van der Waals surface area contributed by atoms with Crippen LogP contribution in [0.5, 0.6) is 0 Å². The standard InChI is InChI=1S/C9H14N6OS/c1-4-7-10-8(16-12-7)5-17-9-11-13-14-15(9)6(2)3/h6H,4-5H2,1-3H3. The molecular weight excluding hydrogens is 240 g/mol. The Morgan fingerprint density at radius 1 is 1.41 bits per heavy atom. The van der Waals surface area contributed by atoms with Crippen LogP contribution in [0.1, 0.15) is 38.5 Å². The molecule has 0 aliphatic heterocycles. The number of rotatable bonds is 5. The molecule has 2 aromatic heterocycles. The molecular formula is C9H14N6OS. The van der Waals surface area contributed by atoms with Gasteiger partial charge in [-0.05, 0) is 24.3 Å². The minimum Gasteiger partial charge on any atom is -0.338 e. The highest BCUT2D eigenvalue weighted by molar-refractivity contribution is 7.98. The maximum Gasteiger partial charge on any atom is 0.237 e. The Balaban J connectivity index is 1.99. The fourth-order valence-corrected chi connectivity index (χ4v) is 2.07. The number of thioether (sulfide) groups is 1. The third kappa shape index (κ3) is 2.82. The monoisotopic (exact) mass is 254 g/mol. The average molecular weight is 254 g/mol. The van der Waals surface area contributed by atoms with Gasteiger partial charge in [0, 0.05) is 6.42 Å². The van der Waals surface area contributed by atoms with E-state index in [2.05, 4.69) is 25.7 Å². The van der Waals surface area contributed by atoms with Gasteiger partial charge in [0.15, 0.2) is 5.82 Å². The molecule has 7 nitrogen and oxygen atoms in total. The predicted octanol–water partition coefficient (Wildman–Crippen LogP) is 1.49. The SMILES string of the molecule is CCc1noc(CSc2nnnn2C(C)C)n1. The van der Waals surface area contributed by atoms with Crippen LogP contribution in [0.4, 0.5) is 0 Å². The first-order chi connectivity index (χ1) is 8.20. The maximum absolute atomic E-state index is 5.09. The molecule has 0 spiro atoms. The largest absolute Gasteiger partial charge is 0.338 e. The van der Waals surface area contributed by atoms with Crippen molar-refractivity contribution in [2.45, 2.75) is 44.1 Å². The lowest BCUT2D eigenvalue weighted by Gasteiger charge is -2.05. The third-order valence-electron chi connectivity index (χ3n) is 2.10. The smallest absolute Gasteiger partial charge is 0.237 e. The van der Waals surface area contributed by atoms with Crippen LogP contribution in [0.15, 0.2) is 9.68 Å². The molecule has 0 saturated carbocycles. The molecule has 0 N–H and O–H groups in total. The number of aromatic nitrogens is 6. The van der Waals surface area contributed by atoms with Gasteiger partial charge < -0.3 is 4.52 Å². The lowest BCUT2D eigenvalue weighted by molar-refractivity contribution is 0.385. The van der Waals surface area contributed by atoms with E-state index in [1.165, 1.54) is 11.8 Å². The zero-order valence-corrected chi connectivity index (χ0v) is 10.8. The van der Waals surface area contributed by atoms with E-state index in [1.807, 2.05) is 20.8 Å². The number of tetrazole rings is 1. The molecule has 0 aliphatic carbocycles. The molecule has 0 atom stereocenters. The highest BCUT2D eigenvalue weighted by atomic mass is 32.2. The van der Waals surface area contributed by atoms with E-state index >= 15 is 0 Å². The van der Waals surface area contributed by atoms with E-state index in [0.717, 1.165) is 17.4 Å². The van der Waals surface area contributed by atoms with Crippen LogP contribution >= 0.6 is 11.8 Å². The normalized spacial score (nSPS) is 11.3. The molecule has 2 heterocycles. The third-order valence-corrected chi connectivity index (χ3v) is 3.02. The van der Waals surface area contributed by atoms with Crippen LogP contribution in [-0.2, 0) is 12.2 Å². The predicted molar refractivity (Wildman–Crippen MR) is 61.4 cm³/mol. The maximum atomic E-state index is 5.09. The number of hydrogen-bond donors (Lipinski definition) is 0. The van der Waals surface area contributed by atoms with E-state index in [1.54, 1.807) is 4.68 Å². The molecule has 92 valence electrons. The van der Waals surface area contributed by atoms with Gasteiger partial charge in [0.25, 0.3) is 0 Å². The van der Waals surface area contributed by atoms with Crippen molar-refractivity contribution in [1.29, 1.82) is 0 Å². The first-order valence-corrected chi connectivity index (χ1v) is 6.41. The zero-order valence-electron chi connectivity index (χ0n) is 9.99. The van der Waals surface area contributed by atoms with E-state index in [0.29, 0.717) is 11.6 Å². The molecule has 2 aromatic rings. The van der Waals surface area contributed by atoms with Crippen molar-refractivity contribution < 1.29 is 4.52 Å². The zero-order chi connectivity index (χ0) is 12.3. The average Bonchev–Trinajstić information content (AvgIpc) is 2.95. The van der Waals surface area contributed by atoms with Crippen molar-refractivity contribution in [3.05, 3.63) is 11.7 Å². The van der Waals surface area contributed by atoms with E-state index < -0.39 is 0 Å². The first-order valence-electron chi connectivity index (χ1n) is 5.42. The van der Waals surface area contributed by atoms with Crippen LogP contribution in [-0.4, -0.2) is 30.3 Å². The molecule has 0 aliphatic rings. The number of aryl methyl sites for hydroxylation is 1. The summed E-state index contributed by atoms with van der Waals surface area (Å²) in [6.07, 6.45) is 0.776. The Morgan fingerprint density at radius 3 is 2.88 bits per heavy atom. The summed E-state index contributed by atoms with van der Waals surface area (Å²) in [6.45, 7) is 6.05. The minimum absolute atomic E-state index is 0.237. The van der Waals surface area contributed by atoms with Crippen LogP contribution in [0.2, 0.25) is 0 Å². The fraction of sp³-hybridized carbons (Fsp3) is 0.667. The molecule has 2 rings (SSSR count). The molecule has 0 amide bonds. The summed E-state index contributed by atoms with van der Waals surface area (Å²) in [5.41, 5.74) is 0. The van der Waals surface area contributed by atoms with E-state index in [9.17, 15) is 0 Å². The van der Waals surface area contributed by atoms with Gasteiger partial charge >= 0.3 is 0 Å². The highest BCUT2D eigenvalue weighted by Crippen LogP contribution is 2.21. The summed E-state index contributed by atoms with van der Waals surface area (Å²) in [7, 11) is 0. The van der Waals surface area contributed by atoms with E-state index in [-0.39, 0.29) is 6.04 Å². The molecule has 17 heavy (non-hydrogen) atoms. The molecule has 0 aromatic carbocycles. The first kappa shape index (κ1) is 12.0. The van der Waals surface area contributed by atoms with Gasteiger partial charge in [-0.3, -0.25) is 0 Å².